The van der Waals surface area contributed by atoms with Crippen LogP contribution in [0.5, 0.6) is 0 Å². The van der Waals surface area contributed by atoms with E-state index in [4.69, 9.17) is 0 Å². The Labute approximate surface area is 115 Å². The highest BCUT2D eigenvalue weighted by Gasteiger charge is 2.17. The molecule has 1 aromatic rings. The van der Waals surface area contributed by atoms with Crippen molar-refractivity contribution in [1.82, 2.24) is 15.1 Å². The van der Waals surface area contributed by atoms with Gasteiger partial charge in [-0.05, 0) is 51.3 Å². The molecular weight excluding hydrogens is 238 g/mol. The molecule has 0 aliphatic carbocycles. The summed E-state index contributed by atoms with van der Waals surface area (Å²) in [4.78, 5) is 12.1. The second kappa shape index (κ2) is 6.85. The molecule has 4 nitrogen and oxygen atoms in total. The summed E-state index contributed by atoms with van der Waals surface area (Å²) >= 11 is 0. The fourth-order valence-electron chi connectivity index (χ4n) is 2.59. The highest BCUT2D eigenvalue weighted by molar-refractivity contribution is 5.80. The van der Waals surface area contributed by atoms with Crippen molar-refractivity contribution in [2.24, 2.45) is 5.92 Å². The Hall–Kier alpha value is -1.16. The summed E-state index contributed by atoms with van der Waals surface area (Å²) in [7, 11) is 0. The molecule has 1 atom stereocenters. The lowest BCUT2D eigenvalue weighted by molar-refractivity contribution is -0.119. The molecule has 1 saturated heterocycles. The minimum Gasteiger partial charge on any atom is -0.317 e. The van der Waals surface area contributed by atoms with Crippen LogP contribution in [0.3, 0.4) is 0 Å². The van der Waals surface area contributed by atoms with Crippen molar-refractivity contribution in [3.63, 3.8) is 0 Å². The molecule has 0 bridgehead atoms. The second-order valence-corrected chi connectivity index (χ2v) is 5.66. The fourth-order valence-corrected chi connectivity index (χ4v) is 2.59. The summed E-state index contributed by atoms with van der Waals surface area (Å²) in [5.74, 6) is 0.909. The van der Waals surface area contributed by atoms with Crippen molar-refractivity contribution in [3.05, 3.63) is 18.0 Å². The summed E-state index contributed by atoms with van der Waals surface area (Å²) in [5, 5.41) is 7.83. The van der Waals surface area contributed by atoms with Crippen molar-refractivity contribution < 1.29 is 4.79 Å². The molecule has 0 spiro atoms. The molecule has 4 heteroatoms. The molecular formula is C15H25N3O. The standard InChI is InChI=1S/C15H25N3O/c1-3-12(2)18-9-6-14(17-18)11-15(19)10-13-4-7-16-8-5-13/h6,9,12-13,16H,3-5,7-8,10-11H2,1-2H3. The number of aromatic nitrogens is 2. The number of hydrogen-bond donors (Lipinski definition) is 1. The number of nitrogens with zero attached hydrogens (tertiary/aromatic N) is 2. The van der Waals surface area contributed by atoms with E-state index in [0.29, 0.717) is 24.2 Å². The molecule has 1 unspecified atom stereocenters. The maximum atomic E-state index is 12.1. The van der Waals surface area contributed by atoms with Crippen LogP contribution in [-0.2, 0) is 11.2 Å². The molecule has 1 aromatic heterocycles. The first-order valence-electron chi connectivity index (χ1n) is 7.45. The molecule has 0 radical (unpaired) electrons. The van der Waals surface area contributed by atoms with Crippen LogP contribution >= 0.6 is 0 Å². The summed E-state index contributed by atoms with van der Waals surface area (Å²) in [6, 6.07) is 2.39. The third-order valence-electron chi connectivity index (χ3n) is 4.06. The van der Waals surface area contributed by atoms with Crippen LogP contribution in [0, 0.1) is 5.92 Å². The molecule has 19 heavy (non-hydrogen) atoms. The molecule has 2 heterocycles. The van der Waals surface area contributed by atoms with Gasteiger partial charge >= 0.3 is 0 Å². The predicted octanol–water partition coefficient (Wildman–Crippen LogP) is 2.36. The van der Waals surface area contributed by atoms with E-state index in [2.05, 4.69) is 24.3 Å². The summed E-state index contributed by atoms with van der Waals surface area (Å²) < 4.78 is 1.97. The first kappa shape index (κ1) is 14.3. The minimum absolute atomic E-state index is 0.335. The van der Waals surface area contributed by atoms with Gasteiger partial charge in [0.05, 0.1) is 12.1 Å². The first-order chi connectivity index (χ1) is 9.19. The van der Waals surface area contributed by atoms with Gasteiger partial charge in [0.2, 0.25) is 0 Å². The van der Waals surface area contributed by atoms with Gasteiger partial charge < -0.3 is 5.32 Å². The maximum absolute atomic E-state index is 12.1. The van der Waals surface area contributed by atoms with Gasteiger partial charge in [-0.2, -0.15) is 5.10 Å². The maximum Gasteiger partial charge on any atom is 0.139 e. The van der Waals surface area contributed by atoms with Crippen molar-refractivity contribution in [3.8, 4) is 0 Å². The van der Waals surface area contributed by atoms with Gasteiger partial charge in [-0.1, -0.05) is 6.92 Å². The Kier molecular flexibility index (Phi) is 5.14. The third-order valence-corrected chi connectivity index (χ3v) is 4.06. The van der Waals surface area contributed by atoms with Gasteiger partial charge in [0, 0.05) is 18.7 Å². The molecule has 1 N–H and O–H groups in total. The number of ketones is 1. The number of hydrogen-bond acceptors (Lipinski definition) is 3. The average Bonchev–Trinajstić information content (AvgIpc) is 2.87. The fraction of sp³-hybridized carbons (Fsp3) is 0.733. The lowest BCUT2D eigenvalue weighted by atomic mass is 9.91. The first-order valence-corrected chi connectivity index (χ1v) is 7.45. The molecule has 106 valence electrons. The van der Waals surface area contributed by atoms with E-state index in [1.165, 1.54) is 0 Å². The van der Waals surface area contributed by atoms with E-state index < -0.39 is 0 Å². The minimum atomic E-state index is 0.335. The average molecular weight is 263 g/mol. The molecule has 1 aliphatic heterocycles. The topological polar surface area (TPSA) is 46.9 Å². The number of carbonyl (C=O) groups excluding carboxylic acids is 1. The van der Waals surface area contributed by atoms with E-state index in [0.717, 1.165) is 44.5 Å². The second-order valence-electron chi connectivity index (χ2n) is 5.66. The Morgan fingerprint density at radius 2 is 2.26 bits per heavy atom. The monoisotopic (exact) mass is 263 g/mol. The molecule has 2 rings (SSSR count). The van der Waals surface area contributed by atoms with Crippen molar-refractivity contribution in [2.45, 2.75) is 52.0 Å². The van der Waals surface area contributed by atoms with Gasteiger partial charge in [0.1, 0.15) is 5.78 Å². The Morgan fingerprint density at radius 1 is 1.53 bits per heavy atom. The zero-order valence-electron chi connectivity index (χ0n) is 12.1. The Bertz CT molecular complexity index is 407. The van der Waals surface area contributed by atoms with Crippen LogP contribution in [-0.4, -0.2) is 28.7 Å². The van der Waals surface area contributed by atoms with Gasteiger partial charge in [-0.25, -0.2) is 0 Å². The van der Waals surface area contributed by atoms with E-state index in [-0.39, 0.29) is 0 Å². The SMILES string of the molecule is CCC(C)n1ccc(CC(=O)CC2CCNCC2)n1. The lowest BCUT2D eigenvalue weighted by Gasteiger charge is -2.21. The quantitative estimate of drug-likeness (QED) is 0.857. The van der Waals surface area contributed by atoms with Gasteiger partial charge in [-0.15, -0.1) is 0 Å². The van der Waals surface area contributed by atoms with E-state index in [1.807, 2.05) is 16.9 Å². The third kappa shape index (κ3) is 4.16. The summed E-state index contributed by atoms with van der Waals surface area (Å²) in [6.07, 6.45) is 6.52. The summed E-state index contributed by atoms with van der Waals surface area (Å²) in [5.41, 5.74) is 0.916. The van der Waals surface area contributed by atoms with Crippen LogP contribution in [0.15, 0.2) is 12.3 Å². The van der Waals surface area contributed by atoms with Crippen LogP contribution < -0.4 is 5.32 Å². The highest BCUT2D eigenvalue weighted by atomic mass is 16.1. The molecule has 1 fully saturated rings. The lowest BCUT2D eigenvalue weighted by Crippen LogP contribution is -2.29. The van der Waals surface area contributed by atoms with Gasteiger partial charge in [0.15, 0.2) is 0 Å². The molecule has 1 aliphatic rings. The number of rotatable bonds is 6. The zero-order valence-corrected chi connectivity index (χ0v) is 12.1. The van der Waals surface area contributed by atoms with E-state index in [9.17, 15) is 4.79 Å². The van der Waals surface area contributed by atoms with Crippen molar-refractivity contribution >= 4 is 5.78 Å². The Balaban J connectivity index is 1.82. The zero-order chi connectivity index (χ0) is 13.7. The van der Waals surface area contributed by atoms with Crippen LogP contribution in [0.1, 0.15) is 51.3 Å². The van der Waals surface area contributed by atoms with E-state index in [1.54, 1.807) is 0 Å². The van der Waals surface area contributed by atoms with Gasteiger partial charge in [-0.3, -0.25) is 9.48 Å². The number of carbonyl (C=O) groups is 1. The normalized spacial score (nSPS) is 18.4. The number of nitrogens with one attached hydrogen (secondary N) is 1. The van der Waals surface area contributed by atoms with Crippen LogP contribution in [0.2, 0.25) is 0 Å². The predicted molar refractivity (Wildman–Crippen MR) is 76.2 cm³/mol. The Morgan fingerprint density at radius 3 is 2.95 bits per heavy atom. The molecule has 0 aromatic carbocycles. The summed E-state index contributed by atoms with van der Waals surface area (Å²) in [6.45, 7) is 6.41. The highest BCUT2D eigenvalue weighted by Crippen LogP contribution is 2.17. The largest absolute Gasteiger partial charge is 0.317 e. The number of Topliss-reactive ketones (excluding diaryl/α,β-unsaturated/α-hetero) is 1. The molecule has 0 amide bonds. The van der Waals surface area contributed by atoms with Gasteiger partial charge in [0.25, 0.3) is 0 Å². The van der Waals surface area contributed by atoms with Crippen molar-refractivity contribution in [1.29, 1.82) is 0 Å². The smallest absolute Gasteiger partial charge is 0.139 e. The van der Waals surface area contributed by atoms with Crippen LogP contribution in [0.25, 0.3) is 0 Å². The number of piperidine rings is 1. The molecule has 0 saturated carbocycles. The van der Waals surface area contributed by atoms with E-state index >= 15 is 0 Å². The van der Waals surface area contributed by atoms with Crippen molar-refractivity contribution in [2.75, 3.05) is 13.1 Å². The van der Waals surface area contributed by atoms with Crippen LogP contribution in [0.4, 0.5) is 0 Å².